The first kappa shape index (κ1) is 16.1. The van der Waals surface area contributed by atoms with Gasteiger partial charge in [0.25, 0.3) is 5.91 Å². The summed E-state index contributed by atoms with van der Waals surface area (Å²) in [6.07, 6.45) is 10.1. The molecule has 1 aromatic heterocycles. The van der Waals surface area contributed by atoms with Gasteiger partial charge in [0.05, 0.1) is 17.7 Å². The van der Waals surface area contributed by atoms with Gasteiger partial charge in [-0.2, -0.15) is 5.10 Å². The minimum atomic E-state index is 0.0541. The standard InChI is InChI=1S/C19H24N4O2/c24-19(22-11-5-6-15(12-22)23-14-20-13-21-23)17-9-3-4-10-18(17)25-16-7-1-2-8-16/h3-4,9-10,13-16H,1-2,5-8,11-12H2/t15-/m1/s1. The van der Waals surface area contributed by atoms with Gasteiger partial charge in [0.15, 0.2) is 0 Å². The van der Waals surface area contributed by atoms with Crippen molar-refractivity contribution in [1.29, 1.82) is 0 Å². The number of rotatable bonds is 4. The summed E-state index contributed by atoms with van der Waals surface area (Å²) in [5.41, 5.74) is 0.675. The molecule has 0 bridgehead atoms. The summed E-state index contributed by atoms with van der Waals surface area (Å²) < 4.78 is 8.00. The average Bonchev–Trinajstić information content (AvgIpc) is 3.36. The van der Waals surface area contributed by atoms with Crippen LogP contribution in [0.1, 0.15) is 54.9 Å². The Balaban J connectivity index is 1.50. The molecule has 2 fully saturated rings. The van der Waals surface area contributed by atoms with Crippen molar-refractivity contribution < 1.29 is 9.53 Å². The van der Waals surface area contributed by atoms with Crippen molar-refractivity contribution >= 4 is 5.91 Å². The van der Waals surface area contributed by atoms with Crippen LogP contribution in [-0.2, 0) is 0 Å². The largest absolute Gasteiger partial charge is 0.490 e. The number of hydrogen-bond acceptors (Lipinski definition) is 4. The first-order chi connectivity index (χ1) is 12.3. The van der Waals surface area contributed by atoms with Crippen molar-refractivity contribution in [3.8, 4) is 5.75 Å². The Kier molecular flexibility index (Phi) is 4.68. The fourth-order valence-electron chi connectivity index (χ4n) is 3.86. The van der Waals surface area contributed by atoms with E-state index in [2.05, 4.69) is 10.1 Å². The van der Waals surface area contributed by atoms with Crippen molar-refractivity contribution in [2.24, 2.45) is 0 Å². The number of nitrogens with zero attached hydrogens (tertiary/aromatic N) is 4. The Labute approximate surface area is 147 Å². The third-order valence-corrected chi connectivity index (χ3v) is 5.21. The first-order valence-corrected chi connectivity index (χ1v) is 9.20. The Morgan fingerprint density at radius 1 is 1.12 bits per heavy atom. The predicted octanol–water partition coefficient (Wildman–Crippen LogP) is 3.08. The molecule has 0 N–H and O–H groups in total. The summed E-state index contributed by atoms with van der Waals surface area (Å²) in [6.45, 7) is 1.45. The summed E-state index contributed by atoms with van der Waals surface area (Å²) in [6, 6.07) is 7.85. The molecule has 25 heavy (non-hydrogen) atoms. The van der Waals surface area contributed by atoms with Gasteiger partial charge in [-0.25, -0.2) is 9.67 Å². The van der Waals surface area contributed by atoms with Crippen LogP contribution in [0.4, 0.5) is 0 Å². The molecule has 4 rings (SSSR count). The van der Waals surface area contributed by atoms with E-state index in [0.717, 1.165) is 38.0 Å². The third kappa shape index (κ3) is 3.52. The van der Waals surface area contributed by atoms with Crippen molar-refractivity contribution in [3.05, 3.63) is 42.5 Å². The Morgan fingerprint density at radius 3 is 2.76 bits per heavy atom. The van der Waals surface area contributed by atoms with Crippen molar-refractivity contribution in [3.63, 3.8) is 0 Å². The molecule has 1 amide bonds. The van der Waals surface area contributed by atoms with Crippen LogP contribution in [0, 0.1) is 0 Å². The first-order valence-electron chi connectivity index (χ1n) is 9.20. The molecule has 1 saturated carbocycles. The van der Waals surface area contributed by atoms with Gasteiger partial charge in [0.1, 0.15) is 18.4 Å². The van der Waals surface area contributed by atoms with E-state index in [1.54, 1.807) is 12.7 Å². The number of para-hydroxylation sites is 1. The highest BCUT2D eigenvalue weighted by Gasteiger charge is 2.28. The van der Waals surface area contributed by atoms with Crippen molar-refractivity contribution in [2.75, 3.05) is 13.1 Å². The maximum absolute atomic E-state index is 13.1. The third-order valence-electron chi connectivity index (χ3n) is 5.21. The number of piperidine rings is 1. The zero-order chi connectivity index (χ0) is 17.1. The normalized spacial score (nSPS) is 21.4. The molecule has 0 spiro atoms. The molecule has 1 aliphatic heterocycles. The molecule has 1 atom stereocenters. The van der Waals surface area contributed by atoms with Gasteiger partial charge in [-0.1, -0.05) is 12.1 Å². The molecule has 0 radical (unpaired) electrons. The Bertz CT molecular complexity index is 710. The van der Waals surface area contributed by atoms with Crippen molar-refractivity contribution in [1.82, 2.24) is 19.7 Å². The molecular formula is C19H24N4O2. The minimum absolute atomic E-state index is 0.0541. The summed E-state index contributed by atoms with van der Waals surface area (Å²) in [5.74, 6) is 0.778. The van der Waals surface area contributed by atoms with Gasteiger partial charge in [0.2, 0.25) is 0 Å². The monoisotopic (exact) mass is 340 g/mol. The van der Waals surface area contributed by atoms with E-state index in [9.17, 15) is 4.79 Å². The van der Waals surface area contributed by atoms with E-state index < -0.39 is 0 Å². The molecule has 132 valence electrons. The number of hydrogen-bond donors (Lipinski definition) is 0. The van der Waals surface area contributed by atoms with Crippen LogP contribution < -0.4 is 4.74 Å². The zero-order valence-electron chi connectivity index (χ0n) is 14.4. The van der Waals surface area contributed by atoms with Gasteiger partial charge < -0.3 is 9.64 Å². The summed E-state index contributed by atoms with van der Waals surface area (Å²) in [5, 5.41) is 4.24. The van der Waals surface area contributed by atoms with E-state index in [1.807, 2.05) is 33.8 Å². The molecule has 6 nitrogen and oxygen atoms in total. The number of likely N-dealkylation sites (tertiary alicyclic amines) is 1. The summed E-state index contributed by atoms with van der Waals surface area (Å²) in [7, 11) is 0. The van der Waals surface area contributed by atoms with E-state index in [0.29, 0.717) is 12.1 Å². The van der Waals surface area contributed by atoms with Crippen LogP contribution >= 0.6 is 0 Å². The second kappa shape index (κ2) is 7.25. The molecule has 2 aliphatic rings. The van der Waals surface area contributed by atoms with Crippen LogP contribution in [0.3, 0.4) is 0 Å². The second-order valence-corrected chi connectivity index (χ2v) is 6.94. The fourth-order valence-corrected chi connectivity index (χ4v) is 3.86. The van der Waals surface area contributed by atoms with Gasteiger partial charge in [-0.05, 0) is 50.7 Å². The Hall–Kier alpha value is -2.37. The van der Waals surface area contributed by atoms with Gasteiger partial charge >= 0.3 is 0 Å². The summed E-state index contributed by atoms with van der Waals surface area (Å²) >= 11 is 0. The molecule has 1 aliphatic carbocycles. The lowest BCUT2D eigenvalue weighted by Crippen LogP contribution is -2.41. The number of benzene rings is 1. The number of carbonyl (C=O) groups excluding carboxylic acids is 1. The lowest BCUT2D eigenvalue weighted by Gasteiger charge is -2.33. The van der Waals surface area contributed by atoms with Gasteiger partial charge in [-0.15, -0.1) is 0 Å². The van der Waals surface area contributed by atoms with Crippen LogP contribution in [-0.4, -0.2) is 44.8 Å². The molecule has 2 heterocycles. The van der Waals surface area contributed by atoms with Crippen molar-refractivity contribution in [2.45, 2.75) is 50.7 Å². The van der Waals surface area contributed by atoms with Crippen LogP contribution in [0.2, 0.25) is 0 Å². The van der Waals surface area contributed by atoms with E-state index >= 15 is 0 Å². The highest BCUT2D eigenvalue weighted by Crippen LogP contribution is 2.29. The SMILES string of the molecule is O=C(c1ccccc1OC1CCCC1)N1CCC[C@@H](n2cncn2)C1. The number of aromatic nitrogens is 3. The molecule has 2 aromatic rings. The van der Waals surface area contributed by atoms with E-state index in [4.69, 9.17) is 4.74 Å². The summed E-state index contributed by atoms with van der Waals surface area (Å²) in [4.78, 5) is 19.1. The lowest BCUT2D eigenvalue weighted by molar-refractivity contribution is 0.0665. The maximum Gasteiger partial charge on any atom is 0.257 e. The maximum atomic E-state index is 13.1. The van der Waals surface area contributed by atoms with Gasteiger partial charge in [-0.3, -0.25) is 4.79 Å². The van der Waals surface area contributed by atoms with Crippen LogP contribution in [0.5, 0.6) is 5.75 Å². The highest BCUT2D eigenvalue weighted by atomic mass is 16.5. The zero-order valence-corrected chi connectivity index (χ0v) is 14.4. The number of carbonyl (C=O) groups is 1. The van der Waals surface area contributed by atoms with Crippen LogP contribution in [0.25, 0.3) is 0 Å². The van der Waals surface area contributed by atoms with Crippen LogP contribution in [0.15, 0.2) is 36.9 Å². The number of amides is 1. The number of ether oxygens (including phenoxy) is 1. The molecule has 1 aromatic carbocycles. The topological polar surface area (TPSA) is 60.2 Å². The average molecular weight is 340 g/mol. The minimum Gasteiger partial charge on any atom is -0.490 e. The van der Waals surface area contributed by atoms with E-state index in [-0.39, 0.29) is 18.1 Å². The fraction of sp³-hybridized carbons (Fsp3) is 0.526. The molecular weight excluding hydrogens is 316 g/mol. The molecule has 0 unspecified atom stereocenters. The molecule has 6 heteroatoms. The highest BCUT2D eigenvalue weighted by molar-refractivity contribution is 5.97. The van der Waals surface area contributed by atoms with E-state index in [1.165, 1.54) is 12.8 Å². The predicted molar refractivity (Wildman–Crippen MR) is 93.5 cm³/mol. The van der Waals surface area contributed by atoms with Gasteiger partial charge in [0, 0.05) is 13.1 Å². The molecule has 1 saturated heterocycles. The quantitative estimate of drug-likeness (QED) is 0.858. The Morgan fingerprint density at radius 2 is 1.96 bits per heavy atom. The lowest BCUT2D eigenvalue weighted by atomic mass is 10.0. The smallest absolute Gasteiger partial charge is 0.257 e. The second-order valence-electron chi connectivity index (χ2n) is 6.94.